The third kappa shape index (κ3) is 1.49. The molecule has 2 aliphatic rings. The van der Waals surface area contributed by atoms with Crippen LogP contribution in [-0.4, -0.2) is 21.1 Å². The lowest BCUT2D eigenvalue weighted by atomic mass is 10.2. The molecule has 12 heavy (non-hydrogen) atoms. The van der Waals surface area contributed by atoms with Crippen LogP contribution in [-0.2, 0) is 4.74 Å². The predicted octanol–water partition coefficient (Wildman–Crippen LogP) is 1.97. The van der Waals surface area contributed by atoms with E-state index in [9.17, 15) is 0 Å². The van der Waals surface area contributed by atoms with Gasteiger partial charge in [0.25, 0.3) is 0 Å². The summed E-state index contributed by atoms with van der Waals surface area (Å²) in [5.41, 5.74) is 0. The Morgan fingerprint density at radius 2 is 2.33 bits per heavy atom. The summed E-state index contributed by atoms with van der Waals surface area (Å²) < 4.78 is 5.48. The lowest BCUT2D eigenvalue weighted by Gasteiger charge is -2.17. The average Bonchev–Trinajstić information content (AvgIpc) is 2.29. The van der Waals surface area contributed by atoms with Gasteiger partial charge in [-0.05, 0) is 6.08 Å². The Bertz CT molecular complexity index is 315. The second-order valence-corrected chi connectivity index (χ2v) is 4.54. The number of rotatable bonds is 0. The standard InChI is InChI=1S/C6H4ClIN2OS/c7-3-1-2(8)4-5(9-3)10-6(12)11-4/h1-2,4H,(H,9,10,12). The number of thiol groups is 1. The van der Waals surface area contributed by atoms with Gasteiger partial charge in [0.15, 0.2) is 11.9 Å². The van der Waals surface area contributed by atoms with E-state index < -0.39 is 0 Å². The molecule has 0 aromatic rings. The first-order valence-electron chi connectivity index (χ1n) is 3.21. The number of ether oxygens (including phenoxy) is 1. The molecule has 0 saturated heterocycles. The van der Waals surface area contributed by atoms with Crippen molar-refractivity contribution in [2.24, 2.45) is 9.98 Å². The fourth-order valence-corrected chi connectivity index (χ4v) is 2.48. The van der Waals surface area contributed by atoms with Gasteiger partial charge in [-0.2, -0.15) is 4.99 Å². The fraction of sp³-hybridized carbons (Fsp3) is 0.333. The molecule has 0 bridgehead atoms. The summed E-state index contributed by atoms with van der Waals surface area (Å²) in [7, 11) is 0. The Hall–Kier alpha value is 0.250. The van der Waals surface area contributed by atoms with Crippen molar-refractivity contribution in [2.45, 2.75) is 10.0 Å². The van der Waals surface area contributed by atoms with Gasteiger partial charge in [0.05, 0.1) is 3.92 Å². The van der Waals surface area contributed by atoms with Crippen molar-refractivity contribution in [3.63, 3.8) is 0 Å². The molecule has 0 saturated carbocycles. The van der Waals surface area contributed by atoms with Crippen molar-refractivity contribution in [1.82, 2.24) is 0 Å². The number of aliphatic imine (C=N–C) groups is 2. The maximum atomic E-state index is 5.74. The van der Waals surface area contributed by atoms with Crippen LogP contribution in [0.15, 0.2) is 21.2 Å². The Morgan fingerprint density at radius 3 is 3.08 bits per heavy atom. The smallest absolute Gasteiger partial charge is 0.249 e. The minimum absolute atomic E-state index is 0.111. The summed E-state index contributed by atoms with van der Waals surface area (Å²) in [6.45, 7) is 0. The first kappa shape index (κ1) is 8.83. The van der Waals surface area contributed by atoms with Crippen LogP contribution in [0.5, 0.6) is 0 Å². The topological polar surface area (TPSA) is 34.0 Å². The molecule has 2 atom stereocenters. The highest BCUT2D eigenvalue weighted by atomic mass is 127. The third-order valence-corrected chi connectivity index (χ3v) is 2.93. The molecule has 0 radical (unpaired) electrons. The Labute approximate surface area is 93.5 Å². The molecule has 2 rings (SSSR count). The summed E-state index contributed by atoms with van der Waals surface area (Å²) in [5.74, 6) is 0.618. The quantitative estimate of drug-likeness (QED) is 0.315. The molecule has 2 unspecified atom stereocenters. The SMILES string of the molecule is SC1=NC2=NC(Cl)=CC(I)C2O1. The summed E-state index contributed by atoms with van der Waals surface area (Å²) >= 11 is 12.0. The summed E-state index contributed by atoms with van der Waals surface area (Å²) in [4.78, 5) is 8.01. The molecule has 6 heteroatoms. The highest BCUT2D eigenvalue weighted by molar-refractivity contribution is 14.1. The van der Waals surface area contributed by atoms with Crippen LogP contribution in [0, 0.1) is 0 Å². The van der Waals surface area contributed by atoms with Crippen molar-refractivity contribution in [1.29, 1.82) is 0 Å². The number of hydrogen-bond donors (Lipinski definition) is 1. The Morgan fingerprint density at radius 1 is 1.58 bits per heavy atom. The second-order valence-electron chi connectivity index (χ2n) is 2.34. The summed E-state index contributed by atoms with van der Waals surface area (Å²) in [5, 5.41) is 0.830. The first-order chi connectivity index (χ1) is 5.66. The van der Waals surface area contributed by atoms with Crippen molar-refractivity contribution < 1.29 is 4.74 Å². The minimum Gasteiger partial charge on any atom is -0.460 e. The highest BCUT2D eigenvalue weighted by Gasteiger charge is 2.33. The van der Waals surface area contributed by atoms with E-state index in [1.54, 1.807) is 0 Å². The first-order valence-corrected chi connectivity index (χ1v) is 5.28. The van der Waals surface area contributed by atoms with E-state index >= 15 is 0 Å². The molecule has 0 N–H and O–H groups in total. The lowest BCUT2D eigenvalue weighted by molar-refractivity contribution is 0.287. The van der Waals surface area contributed by atoms with Gasteiger partial charge in [-0.15, -0.1) is 0 Å². The van der Waals surface area contributed by atoms with Crippen molar-refractivity contribution >= 4 is 57.9 Å². The zero-order valence-corrected chi connectivity index (χ0v) is 9.55. The van der Waals surface area contributed by atoms with E-state index in [0.717, 1.165) is 0 Å². The van der Waals surface area contributed by atoms with Gasteiger partial charge in [0.1, 0.15) is 5.16 Å². The van der Waals surface area contributed by atoms with Crippen LogP contribution >= 0.6 is 46.8 Å². The largest absolute Gasteiger partial charge is 0.460 e. The molecule has 0 amide bonds. The average molecular weight is 315 g/mol. The zero-order valence-electron chi connectivity index (χ0n) is 5.74. The molecular formula is C6H4ClIN2OS. The highest BCUT2D eigenvalue weighted by Crippen LogP contribution is 2.27. The second kappa shape index (κ2) is 3.19. The van der Waals surface area contributed by atoms with Crippen molar-refractivity contribution in [2.75, 3.05) is 0 Å². The fourth-order valence-electron chi connectivity index (χ4n) is 1.02. The monoisotopic (exact) mass is 314 g/mol. The molecule has 3 nitrogen and oxygen atoms in total. The molecule has 0 aliphatic carbocycles. The van der Waals surface area contributed by atoms with Gasteiger partial charge in [-0.1, -0.05) is 46.8 Å². The van der Waals surface area contributed by atoms with Crippen molar-refractivity contribution in [3.8, 4) is 0 Å². The van der Waals surface area contributed by atoms with Gasteiger partial charge in [-0.3, -0.25) is 0 Å². The van der Waals surface area contributed by atoms with Gasteiger partial charge in [0, 0.05) is 0 Å². The number of nitrogens with zero attached hydrogens (tertiary/aromatic N) is 2. The summed E-state index contributed by atoms with van der Waals surface area (Å²) in [6, 6.07) is 0. The normalized spacial score (nSPS) is 33.1. The van der Waals surface area contributed by atoms with Crippen LogP contribution in [0.4, 0.5) is 0 Å². The molecule has 64 valence electrons. The molecular weight excluding hydrogens is 311 g/mol. The van der Waals surface area contributed by atoms with Crippen molar-refractivity contribution in [3.05, 3.63) is 11.2 Å². The van der Waals surface area contributed by atoms with Gasteiger partial charge >= 0.3 is 0 Å². The summed E-state index contributed by atoms with van der Waals surface area (Å²) in [6.07, 6.45) is 1.72. The van der Waals surface area contributed by atoms with E-state index in [4.69, 9.17) is 16.3 Å². The zero-order chi connectivity index (χ0) is 8.72. The molecule has 0 spiro atoms. The van der Waals surface area contributed by atoms with E-state index in [1.807, 2.05) is 6.08 Å². The molecule has 2 heterocycles. The van der Waals surface area contributed by atoms with Gasteiger partial charge < -0.3 is 4.74 Å². The number of hydrogen-bond acceptors (Lipinski definition) is 3. The number of amidine groups is 1. The number of alkyl halides is 1. The molecule has 0 aromatic carbocycles. The lowest BCUT2D eigenvalue weighted by Crippen LogP contribution is -2.29. The molecule has 0 fully saturated rings. The molecule has 2 aliphatic heterocycles. The van der Waals surface area contributed by atoms with Gasteiger partial charge in [0.2, 0.25) is 5.23 Å². The number of fused-ring (bicyclic) bond motifs is 1. The predicted molar refractivity (Wildman–Crippen MR) is 60.5 cm³/mol. The Kier molecular flexibility index (Phi) is 2.35. The van der Waals surface area contributed by atoms with Crippen LogP contribution in [0.3, 0.4) is 0 Å². The van der Waals surface area contributed by atoms with E-state index in [-0.39, 0.29) is 10.0 Å². The number of halogens is 2. The van der Waals surface area contributed by atoms with Crippen LogP contribution in [0.2, 0.25) is 0 Å². The minimum atomic E-state index is -0.111. The third-order valence-electron chi connectivity index (χ3n) is 1.50. The Balaban J connectivity index is 2.35. The van der Waals surface area contributed by atoms with Crippen LogP contribution in [0.1, 0.15) is 0 Å². The van der Waals surface area contributed by atoms with E-state index in [2.05, 4.69) is 45.2 Å². The van der Waals surface area contributed by atoms with Gasteiger partial charge in [-0.25, -0.2) is 4.99 Å². The maximum Gasteiger partial charge on any atom is 0.249 e. The molecule has 0 aromatic heterocycles. The van der Waals surface area contributed by atoms with E-state index in [1.165, 1.54) is 0 Å². The van der Waals surface area contributed by atoms with Crippen LogP contribution < -0.4 is 0 Å². The van der Waals surface area contributed by atoms with Crippen LogP contribution in [0.25, 0.3) is 0 Å². The maximum absolute atomic E-state index is 5.74. The van der Waals surface area contributed by atoms with E-state index in [0.29, 0.717) is 16.2 Å².